The first-order valence-electron chi connectivity index (χ1n) is 28.5. The highest BCUT2D eigenvalue weighted by Crippen LogP contribution is 2.47. The Kier molecular flexibility index (Phi) is 23.7. The first kappa shape index (κ1) is 56.2. The summed E-state index contributed by atoms with van der Waals surface area (Å²) in [5.74, 6) is 0.917. The third kappa shape index (κ3) is 14.8. The van der Waals surface area contributed by atoms with Crippen LogP contribution in [0.2, 0.25) is 0 Å². The number of nitrogens with zero attached hydrogens (tertiary/aromatic N) is 2. The van der Waals surface area contributed by atoms with Crippen molar-refractivity contribution in [3.63, 3.8) is 0 Å². The lowest BCUT2D eigenvalue weighted by atomic mass is 9.93. The van der Waals surface area contributed by atoms with Gasteiger partial charge in [-0.15, -0.1) is 45.3 Å². The molecule has 0 bridgehead atoms. The second-order valence-electron chi connectivity index (χ2n) is 21.2. The lowest BCUT2D eigenvalue weighted by molar-refractivity contribution is 0.358. The summed E-state index contributed by atoms with van der Waals surface area (Å²) in [6, 6.07) is 8.80. The van der Waals surface area contributed by atoms with Crippen LogP contribution in [-0.4, -0.2) is 9.13 Å². The minimum absolute atomic E-state index is 0.111. The maximum absolute atomic E-state index is 15.5. The molecule has 2 atom stereocenters. The Morgan fingerprint density at radius 3 is 0.957 bits per heavy atom. The molecule has 0 amide bonds. The number of rotatable bonds is 36. The first-order chi connectivity index (χ1) is 34.3. The molecule has 7 rings (SSSR count). The highest BCUT2D eigenvalue weighted by molar-refractivity contribution is 9.11. The molecule has 0 N–H and O–H groups in total. The number of unbranched alkanes of at least 4 members (excludes halogenated alkanes) is 24. The van der Waals surface area contributed by atoms with Crippen LogP contribution in [0.1, 0.15) is 233 Å². The third-order valence-electron chi connectivity index (χ3n) is 15.5. The van der Waals surface area contributed by atoms with Crippen molar-refractivity contribution in [3.8, 4) is 0 Å². The van der Waals surface area contributed by atoms with Gasteiger partial charge in [-0.2, -0.15) is 0 Å². The minimum atomic E-state index is 0.111. The van der Waals surface area contributed by atoms with E-state index in [1.807, 2.05) is 22.7 Å². The predicted octanol–water partition coefficient (Wildman–Crippen LogP) is 22.5. The summed E-state index contributed by atoms with van der Waals surface area (Å²) in [7, 11) is 0. The van der Waals surface area contributed by atoms with Gasteiger partial charge in [0.15, 0.2) is 0 Å². The Bertz CT molecular complexity index is 2620. The molecular formula is C60H86Br2N2O2S4. The first-order valence-corrected chi connectivity index (χ1v) is 33.4. The molecule has 0 spiro atoms. The standard InChI is InChI=1S/C60H86Br2N2O2S4/c1-5-9-13-17-21-23-27-31-35-43(33-29-25-19-15-11-7-3)41-63-53-55(67-49-39-51(61)69-57(49)53)45-38-48-46(37-47(45)59(63)65)56-54(58-50(68-56)40-52(62)70-58)64(60(48)66)42-44(34-30-26-20-16-12-8-4)36-32-28-24-22-18-14-10-6-2/h37-40,43-44H,5-36,41-42H2,1-4H3. The van der Waals surface area contributed by atoms with E-state index in [9.17, 15) is 0 Å². The molecule has 0 radical (unpaired) electrons. The zero-order valence-electron chi connectivity index (χ0n) is 43.6. The van der Waals surface area contributed by atoms with Gasteiger partial charge in [0.25, 0.3) is 11.1 Å². The molecule has 70 heavy (non-hydrogen) atoms. The van der Waals surface area contributed by atoms with Crippen LogP contribution in [0.15, 0.2) is 41.4 Å². The second-order valence-corrected chi connectivity index (χ2v) is 28.2. The molecule has 6 heterocycles. The van der Waals surface area contributed by atoms with E-state index in [0.717, 1.165) is 62.6 Å². The fourth-order valence-corrected chi connectivity index (χ4v) is 18.0. The normalized spacial score (nSPS) is 13.2. The summed E-state index contributed by atoms with van der Waals surface area (Å²) in [5.41, 5.74) is 2.40. The van der Waals surface area contributed by atoms with Crippen molar-refractivity contribution in [3.05, 3.63) is 52.5 Å². The van der Waals surface area contributed by atoms with Crippen LogP contribution >= 0.6 is 77.2 Å². The maximum Gasteiger partial charge on any atom is 0.259 e. The molecule has 0 saturated heterocycles. The van der Waals surface area contributed by atoms with E-state index in [1.165, 1.54) is 224 Å². The molecule has 0 fully saturated rings. The lowest BCUT2D eigenvalue weighted by Crippen LogP contribution is -2.26. The van der Waals surface area contributed by atoms with E-state index in [0.29, 0.717) is 11.8 Å². The van der Waals surface area contributed by atoms with Gasteiger partial charge in [0.05, 0.1) is 37.4 Å². The van der Waals surface area contributed by atoms with Gasteiger partial charge in [-0.1, -0.05) is 207 Å². The van der Waals surface area contributed by atoms with Gasteiger partial charge >= 0.3 is 0 Å². The van der Waals surface area contributed by atoms with E-state index in [4.69, 9.17) is 0 Å². The maximum atomic E-state index is 15.5. The molecule has 0 aliphatic rings. The van der Waals surface area contributed by atoms with Crippen molar-refractivity contribution >= 4 is 138 Å². The molecule has 0 aliphatic heterocycles. The second kappa shape index (κ2) is 29.5. The molecule has 2 unspecified atom stereocenters. The Morgan fingerprint density at radius 2 is 0.657 bits per heavy atom. The number of hydrogen-bond acceptors (Lipinski definition) is 6. The Balaban J connectivity index is 1.27. The lowest BCUT2D eigenvalue weighted by Gasteiger charge is -2.21. The van der Waals surface area contributed by atoms with Gasteiger partial charge in [0.2, 0.25) is 0 Å². The Labute approximate surface area is 454 Å². The number of aromatic nitrogens is 2. The van der Waals surface area contributed by atoms with Gasteiger partial charge in [-0.05, 0) is 93.6 Å². The molecule has 10 heteroatoms. The van der Waals surface area contributed by atoms with E-state index in [-0.39, 0.29) is 11.1 Å². The summed E-state index contributed by atoms with van der Waals surface area (Å²) in [4.78, 5) is 31.0. The van der Waals surface area contributed by atoms with Gasteiger partial charge in [-0.3, -0.25) is 9.59 Å². The third-order valence-corrected chi connectivity index (χ3v) is 21.4. The molecular weight excluding hydrogens is 1070 g/mol. The van der Waals surface area contributed by atoms with Crippen LogP contribution in [0.5, 0.6) is 0 Å². The summed E-state index contributed by atoms with van der Waals surface area (Å²) in [5, 5.41) is 3.45. The quantitative estimate of drug-likeness (QED) is 0.0290. The number of fused-ring (bicyclic) bond motifs is 10. The smallest absolute Gasteiger partial charge is 0.259 e. The highest BCUT2D eigenvalue weighted by Gasteiger charge is 2.25. The number of thiophene rings is 4. The van der Waals surface area contributed by atoms with E-state index in [1.54, 1.807) is 22.7 Å². The fraction of sp³-hybridized carbons (Fsp3) is 0.667. The fourth-order valence-electron chi connectivity index (χ4n) is 11.5. The SMILES string of the molecule is CCCCCCCCCCC(CCCCCCCC)Cn1c(=O)c2cc3c(cc2c2sc4cc(Br)sc4c21)c(=O)n(CC(CCCCCCCC)CCCCCCCCCC)c1c2sc(Br)cc2sc31. The van der Waals surface area contributed by atoms with Crippen molar-refractivity contribution in [1.82, 2.24) is 9.13 Å². The van der Waals surface area contributed by atoms with Gasteiger partial charge in [0, 0.05) is 44.0 Å². The van der Waals surface area contributed by atoms with Crippen LogP contribution < -0.4 is 11.1 Å². The van der Waals surface area contributed by atoms with Gasteiger partial charge in [0.1, 0.15) is 0 Å². The van der Waals surface area contributed by atoms with E-state index >= 15 is 9.59 Å². The molecule has 7 aromatic rings. The van der Waals surface area contributed by atoms with Crippen LogP contribution in [0.3, 0.4) is 0 Å². The van der Waals surface area contributed by atoms with Crippen LogP contribution in [0.25, 0.3) is 60.8 Å². The molecule has 0 aliphatic carbocycles. The van der Waals surface area contributed by atoms with Gasteiger partial charge < -0.3 is 9.13 Å². The summed E-state index contributed by atoms with van der Waals surface area (Å²) < 4.78 is 13.8. The van der Waals surface area contributed by atoms with Crippen molar-refractivity contribution < 1.29 is 0 Å². The molecule has 1 aromatic carbocycles. The number of pyridine rings is 2. The zero-order valence-corrected chi connectivity index (χ0v) is 50.0. The summed E-state index contributed by atoms with van der Waals surface area (Å²) in [6.45, 7) is 10.7. The number of benzene rings is 1. The van der Waals surface area contributed by atoms with Crippen molar-refractivity contribution in [2.24, 2.45) is 11.8 Å². The van der Waals surface area contributed by atoms with Crippen LogP contribution in [0, 0.1) is 11.8 Å². The van der Waals surface area contributed by atoms with Crippen molar-refractivity contribution in [2.45, 2.75) is 246 Å². The van der Waals surface area contributed by atoms with Gasteiger partial charge in [-0.25, -0.2) is 0 Å². The highest BCUT2D eigenvalue weighted by atomic mass is 79.9. The molecule has 0 saturated carbocycles. The topological polar surface area (TPSA) is 44.0 Å². The minimum Gasteiger partial charge on any atom is -0.305 e. The van der Waals surface area contributed by atoms with Crippen molar-refractivity contribution in [2.75, 3.05) is 0 Å². The monoisotopic (exact) mass is 1150 g/mol. The van der Waals surface area contributed by atoms with E-state index in [2.05, 4.69) is 93.0 Å². The Hall–Kier alpha value is -1.56. The summed E-state index contributed by atoms with van der Waals surface area (Å²) in [6.07, 6.45) is 41.4. The van der Waals surface area contributed by atoms with Crippen molar-refractivity contribution in [1.29, 1.82) is 0 Å². The van der Waals surface area contributed by atoms with Crippen LogP contribution in [0.4, 0.5) is 0 Å². The average molecular weight is 1160 g/mol. The Morgan fingerprint density at radius 1 is 0.371 bits per heavy atom. The van der Waals surface area contributed by atoms with E-state index < -0.39 is 0 Å². The molecule has 6 aromatic heterocycles. The average Bonchev–Trinajstić information content (AvgIpc) is 4.10. The predicted molar refractivity (Wildman–Crippen MR) is 324 cm³/mol. The number of halogens is 2. The largest absolute Gasteiger partial charge is 0.305 e. The molecule has 4 nitrogen and oxygen atoms in total. The zero-order chi connectivity index (χ0) is 49.2. The summed E-state index contributed by atoms with van der Waals surface area (Å²) >= 11 is 14.8. The molecule has 386 valence electrons. The van der Waals surface area contributed by atoms with Crippen LogP contribution in [-0.2, 0) is 13.1 Å². The number of hydrogen-bond donors (Lipinski definition) is 0.